The Morgan fingerprint density at radius 2 is 0.849 bits per heavy atom. The molecule has 0 bridgehead atoms. The van der Waals surface area contributed by atoms with Crippen LogP contribution in [0.4, 0.5) is 34.1 Å². The highest BCUT2D eigenvalue weighted by atomic mass is 15.1. The van der Waals surface area contributed by atoms with Crippen molar-refractivity contribution < 1.29 is 0 Å². The molecule has 0 radical (unpaired) electrons. The fourth-order valence-electron chi connectivity index (χ4n) is 12.8. The highest BCUT2D eigenvalue weighted by Gasteiger charge is 2.46. The third-order valence-corrected chi connectivity index (χ3v) is 17.0. The lowest BCUT2D eigenvalue weighted by Gasteiger charge is -2.39. The predicted molar refractivity (Wildman–Crippen MR) is 319 cm³/mol. The van der Waals surface area contributed by atoms with E-state index in [1.807, 2.05) is 0 Å². The molecule has 0 N–H and O–H groups in total. The van der Waals surface area contributed by atoms with Crippen molar-refractivity contribution >= 4 is 55.7 Å². The van der Waals surface area contributed by atoms with Gasteiger partial charge in [0, 0.05) is 38.9 Å². The molecule has 0 spiro atoms. The van der Waals surface area contributed by atoms with Crippen LogP contribution in [0.5, 0.6) is 0 Å². The van der Waals surface area contributed by atoms with Gasteiger partial charge in [-0.3, -0.25) is 0 Å². The zero-order chi connectivity index (χ0) is 50.8. The van der Waals surface area contributed by atoms with Gasteiger partial charge in [0.05, 0.1) is 11.4 Å². The van der Waals surface area contributed by atoms with Crippen LogP contribution >= 0.6 is 0 Å². The van der Waals surface area contributed by atoms with E-state index in [2.05, 4.69) is 234 Å². The van der Waals surface area contributed by atoms with E-state index in [1.54, 1.807) is 0 Å². The molecule has 1 aliphatic rings. The van der Waals surface area contributed by atoms with Gasteiger partial charge in [-0.1, -0.05) is 247 Å². The summed E-state index contributed by atoms with van der Waals surface area (Å²) in [5.74, 6) is 1.21. The van der Waals surface area contributed by atoms with Gasteiger partial charge in [0.25, 0.3) is 0 Å². The molecule has 2 atom stereocenters. The minimum Gasteiger partial charge on any atom is -0.310 e. The number of benzene rings is 8. The topological polar surface area (TPSA) is 6.48 Å². The van der Waals surface area contributed by atoms with Gasteiger partial charge in [-0.2, -0.15) is 0 Å². The first-order valence-electron chi connectivity index (χ1n) is 28.7. The molecule has 378 valence electrons. The largest absolute Gasteiger partial charge is 0.310 e. The van der Waals surface area contributed by atoms with Gasteiger partial charge in [0.1, 0.15) is 0 Å². The number of unbranched alkanes of at least 4 members (excludes halogenated alkanes) is 6. The van der Waals surface area contributed by atoms with E-state index >= 15 is 0 Å². The molecule has 1 aliphatic carbocycles. The number of hydrogen-bond donors (Lipinski definition) is 0. The van der Waals surface area contributed by atoms with E-state index in [-0.39, 0.29) is 10.8 Å². The smallest absolute Gasteiger partial charge is 0.0540 e. The summed E-state index contributed by atoms with van der Waals surface area (Å²) in [4.78, 5) is 5.12. The van der Waals surface area contributed by atoms with E-state index in [0.717, 1.165) is 12.8 Å². The Kier molecular flexibility index (Phi) is 16.9. The quantitative estimate of drug-likeness (QED) is 0.0527. The second-order valence-electron chi connectivity index (χ2n) is 22.4. The Balaban J connectivity index is 1.25. The van der Waals surface area contributed by atoms with E-state index < -0.39 is 0 Å². The molecule has 0 saturated heterocycles. The van der Waals surface area contributed by atoms with Crippen molar-refractivity contribution in [3.63, 3.8) is 0 Å². The van der Waals surface area contributed by atoms with Crippen LogP contribution in [0.1, 0.15) is 168 Å². The molecule has 0 aromatic heterocycles. The maximum atomic E-state index is 2.67. The molecule has 9 rings (SSSR count). The minimum atomic E-state index is -0.184. The van der Waals surface area contributed by atoms with Crippen molar-refractivity contribution in [3.05, 3.63) is 193 Å². The first-order valence-corrected chi connectivity index (χ1v) is 28.7. The van der Waals surface area contributed by atoms with Gasteiger partial charge < -0.3 is 9.80 Å². The molecule has 0 saturated carbocycles. The summed E-state index contributed by atoms with van der Waals surface area (Å²) in [6.07, 6.45) is 20.0. The Bertz CT molecular complexity index is 3010. The molecule has 8 aromatic carbocycles. The van der Waals surface area contributed by atoms with Crippen LogP contribution in [0.15, 0.2) is 176 Å². The molecule has 0 aliphatic heterocycles. The molecule has 2 nitrogen and oxygen atoms in total. The summed E-state index contributed by atoms with van der Waals surface area (Å²) in [5, 5.41) is 5.05. The van der Waals surface area contributed by atoms with Crippen molar-refractivity contribution in [1.82, 2.24) is 0 Å². The zero-order valence-corrected chi connectivity index (χ0v) is 45.6. The van der Waals surface area contributed by atoms with Crippen molar-refractivity contribution in [2.24, 2.45) is 11.8 Å². The average molecular weight is 965 g/mol. The summed E-state index contributed by atoms with van der Waals surface area (Å²) >= 11 is 0. The fraction of sp³-hybridized carbons (Fsp3) is 0.380. The Labute approximate surface area is 440 Å². The normalized spacial score (nSPS) is 15.1. The molecule has 73 heavy (non-hydrogen) atoms. The van der Waals surface area contributed by atoms with Crippen LogP contribution in [0.3, 0.4) is 0 Å². The summed E-state index contributed by atoms with van der Waals surface area (Å²) in [5.41, 5.74) is 14.5. The first-order chi connectivity index (χ1) is 35.7. The van der Waals surface area contributed by atoms with Gasteiger partial charge in [-0.05, 0) is 136 Å². The molecule has 2 heteroatoms. The lowest BCUT2D eigenvalue weighted by Crippen LogP contribution is -2.32. The van der Waals surface area contributed by atoms with Crippen LogP contribution < -0.4 is 9.80 Å². The highest BCUT2D eigenvalue weighted by molar-refractivity contribution is 6.01. The van der Waals surface area contributed by atoms with Crippen molar-refractivity contribution in [2.45, 2.75) is 162 Å². The van der Waals surface area contributed by atoms with Gasteiger partial charge >= 0.3 is 0 Å². The number of anilines is 6. The molecule has 8 aromatic rings. The van der Waals surface area contributed by atoms with Crippen molar-refractivity contribution in [1.29, 1.82) is 0 Å². The predicted octanol–water partition coefficient (Wildman–Crippen LogP) is 22.1. The van der Waals surface area contributed by atoms with E-state index in [4.69, 9.17) is 0 Å². The third-order valence-electron chi connectivity index (χ3n) is 17.0. The number of fused-ring (bicyclic) bond motifs is 5. The standard InChI is InChI=1S/C71H84N2/c1-8-13-16-17-25-48-70(6,7)57-40-42-59(43-41-57)73(69-39-27-33-56-31-22-24-37-63(56)69)61-45-47-65-64-46-44-60(72(58-34-19-18-20-35-58)68-38-26-32-55-30-21-23-36-62(55)68)49-66(64)71(67(65)50-61,51-53(11-4)28-14-9-2)52-54(12-5)29-15-10-3/h18-24,26-27,30-47,49-50,53-54H,8-17,25,28-29,48,51-52H2,1-7H3. The number of para-hydroxylation sites is 1. The van der Waals surface area contributed by atoms with Crippen LogP contribution in [-0.2, 0) is 10.8 Å². The lowest BCUT2D eigenvalue weighted by atomic mass is 9.65. The van der Waals surface area contributed by atoms with E-state index in [1.165, 1.54) is 173 Å². The van der Waals surface area contributed by atoms with Gasteiger partial charge in [0.15, 0.2) is 0 Å². The van der Waals surface area contributed by atoms with Crippen LogP contribution in [0, 0.1) is 11.8 Å². The zero-order valence-electron chi connectivity index (χ0n) is 45.6. The first kappa shape index (κ1) is 51.8. The van der Waals surface area contributed by atoms with Crippen molar-refractivity contribution in [2.75, 3.05) is 9.80 Å². The summed E-state index contributed by atoms with van der Waals surface area (Å²) in [6, 6.07) is 67.5. The average Bonchev–Trinajstić information content (AvgIpc) is 3.69. The number of nitrogens with zero attached hydrogens (tertiary/aromatic N) is 2. The van der Waals surface area contributed by atoms with Crippen LogP contribution in [0.25, 0.3) is 32.7 Å². The maximum absolute atomic E-state index is 2.67. The summed E-state index contributed by atoms with van der Waals surface area (Å²) in [7, 11) is 0. The Hall–Kier alpha value is -6.12. The fourth-order valence-corrected chi connectivity index (χ4v) is 12.8. The van der Waals surface area contributed by atoms with Gasteiger partial charge in [-0.25, -0.2) is 0 Å². The molecular formula is C71H84N2. The monoisotopic (exact) mass is 965 g/mol. The second-order valence-corrected chi connectivity index (χ2v) is 22.4. The van der Waals surface area contributed by atoms with Crippen LogP contribution in [0.2, 0.25) is 0 Å². The molecule has 2 unspecified atom stereocenters. The lowest BCUT2D eigenvalue weighted by molar-refractivity contribution is 0.266. The second kappa shape index (κ2) is 23.8. The Morgan fingerprint density at radius 3 is 1.34 bits per heavy atom. The molecule has 0 heterocycles. The molecule has 0 amide bonds. The number of hydrogen-bond acceptors (Lipinski definition) is 2. The highest BCUT2D eigenvalue weighted by Crippen LogP contribution is 2.59. The van der Waals surface area contributed by atoms with Crippen molar-refractivity contribution in [3.8, 4) is 11.1 Å². The summed E-state index contributed by atoms with van der Waals surface area (Å²) in [6.45, 7) is 16.9. The van der Waals surface area contributed by atoms with Gasteiger partial charge in [-0.15, -0.1) is 0 Å². The Morgan fingerprint density at radius 1 is 0.411 bits per heavy atom. The third kappa shape index (κ3) is 11.1. The van der Waals surface area contributed by atoms with E-state index in [9.17, 15) is 0 Å². The minimum absolute atomic E-state index is 0.109. The number of rotatable bonds is 25. The maximum Gasteiger partial charge on any atom is 0.0540 e. The molecular weight excluding hydrogens is 881 g/mol. The molecule has 0 fully saturated rings. The van der Waals surface area contributed by atoms with Crippen LogP contribution in [-0.4, -0.2) is 0 Å². The summed E-state index contributed by atoms with van der Waals surface area (Å²) < 4.78 is 0. The van der Waals surface area contributed by atoms with E-state index in [0.29, 0.717) is 11.8 Å². The van der Waals surface area contributed by atoms with Gasteiger partial charge in [0.2, 0.25) is 0 Å². The SMILES string of the molecule is CCCCCCCC(C)(C)c1ccc(N(c2ccc3c(c2)C(CC(CC)CCCC)(CC(CC)CCCC)c2cc(N(c4ccccc4)c4cccc5ccccc45)ccc2-3)c2cccc3ccccc23)cc1.